The van der Waals surface area contributed by atoms with Crippen molar-refractivity contribution in [3.63, 3.8) is 0 Å². The van der Waals surface area contributed by atoms with Crippen LogP contribution in [0.15, 0.2) is 0 Å². The average Bonchev–Trinajstić information content (AvgIpc) is 1.97. The zero-order valence-corrected chi connectivity index (χ0v) is 10.4. The lowest BCUT2D eigenvalue weighted by molar-refractivity contribution is -0.134. The maximum Gasteiger partial charge on any atom is 0.236 e. The molecule has 0 saturated heterocycles. The molecule has 0 fully saturated rings. The Morgan fingerprint density at radius 3 is 1.93 bits per heavy atom. The molecule has 0 aromatic carbocycles. The fourth-order valence-electron chi connectivity index (χ4n) is 1.36. The molecule has 3 heteroatoms. The van der Waals surface area contributed by atoms with Crippen LogP contribution in [-0.4, -0.2) is 48.9 Å². The first-order valence-corrected chi connectivity index (χ1v) is 5.28. The molecule has 0 spiro atoms. The Labute approximate surface area is 88.1 Å². The van der Waals surface area contributed by atoms with Gasteiger partial charge in [-0.25, -0.2) is 0 Å². The maximum atomic E-state index is 11.8. The van der Waals surface area contributed by atoms with Gasteiger partial charge in [-0.05, 0) is 33.9 Å². The second kappa shape index (κ2) is 6.02. The maximum absolute atomic E-state index is 11.8. The number of carbonyl (C=O) groups is 1. The van der Waals surface area contributed by atoms with Gasteiger partial charge in [0.1, 0.15) is 0 Å². The van der Waals surface area contributed by atoms with Crippen molar-refractivity contribution in [2.45, 2.75) is 33.7 Å². The van der Waals surface area contributed by atoms with Gasteiger partial charge in [-0.1, -0.05) is 13.8 Å². The van der Waals surface area contributed by atoms with Gasteiger partial charge in [-0.2, -0.15) is 0 Å². The zero-order valence-electron chi connectivity index (χ0n) is 10.4. The summed E-state index contributed by atoms with van der Waals surface area (Å²) in [5.74, 6) is 0.752. The SMILES string of the molecule is CC(C)CN(C(=O)CN(C)C)C(C)C. The summed E-state index contributed by atoms with van der Waals surface area (Å²) in [7, 11) is 3.84. The van der Waals surface area contributed by atoms with Crippen LogP contribution in [0.4, 0.5) is 0 Å². The van der Waals surface area contributed by atoms with Gasteiger partial charge in [-0.15, -0.1) is 0 Å². The molecule has 84 valence electrons. The van der Waals surface area contributed by atoms with Crippen molar-refractivity contribution in [1.82, 2.24) is 9.80 Å². The highest BCUT2D eigenvalue weighted by atomic mass is 16.2. The standard InChI is InChI=1S/C11H24N2O/c1-9(2)7-13(10(3)4)11(14)8-12(5)6/h9-10H,7-8H2,1-6H3. The number of nitrogens with zero attached hydrogens (tertiary/aromatic N) is 2. The minimum Gasteiger partial charge on any atom is -0.339 e. The number of likely N-dealkylation sites (N-methyl/N-ethyl adjacent to an activating group) is 1. The summed E-state index contributed by atoms with van der Waals surface area (Å²) in [5.41, 5.74) is 0. The van der Waals surface area contributed by atoms with Crippen LogP contribution in [0, 0.1) is 5.92 Å². The molecule has 14 heavy (non-hydrogen) atoms. The first-order valence-electron chi connectivity index (χ1n) is 5.28. The molecule has 0 aliphatic rings. The Bertz CT molecular complexity index is 176. The van der Waals surface area contributed by atoms with Crippen molar-refractivity contribution in [2.24, 2.45) is 5.92 Å². The van der Waals surface area contributed by atoms with Crippen molar-refractivity contribution in [3.8, 4) is 0 Å². The van der Waals surface area contributed by atoms with Gasteiger partial charge < -0.3 is 9.80 Å². The average molecular weight is 200 g/mol. The molecule has 0 aromatic rings. The fourth-order valence-corrected chi connectivity index (χ4v) is 1.36. The van der Waals surface area contributed by atoms with Crippen LogP contribution in [0.5, 0.6) is 0 Å². The van der Waals surface area contributed by atoms with Crippen LogP contribution < -0.4 is 0 Å². The molecule has 0 rings (SSSR count). The van der Waals surface area contributed by atoms with Gasteiger partial charge in [0.15, 0.2) is 0 Å². The van der Waals surface area contributed by atoms with Crippen molar-refractivity contribution in [1.29, 1.82) is 0 Å². The lowest BCUT2D eigenvalue weighted by Crippen LogP contribution is -2.43. The molecule has 0 aliphatic heterocycles. The highest BCUT2D eigenvalue weighted by Crippen LogP contribution is 2.04. The van der Waals surface area contributed by atoms with Gasteiger partial charge in [0.2, 0.25) is 5.91 Å². The molecule has 0 aromatic heterocycles. The molecular weight excluding hydrogens is 176 g/mol. The van der Waals surface area contributed by atoms with Gasteiger partial charge in [-0.3, -0.25) is 4.79 Å². The van der Waals surface area contributed by atoms with Crippen molar-refractivity contribution < 1.29 is 4.79 Å². The van der Waals surface area contributed by atoms with E-state index in [-0.39, 0.29) is 5.91 Å². The van der Waals surface area contributed by atoms with Crippen molar-refractivity contribution >= 4 is 5.91 Å². The quantitative estimate of drug-likeness (QED) is 0.670. The van der Waals surface area contributed by atoms with Crippen LogP contribution >= 0.6 is 0 Å². The first kappa shape index (κ1) is 13.4. The Morgan fingerprint density at radius 1 is 1.14 bits per heavy atom. The number of amides is 1. The van der Waals surface area contributed by atoms with E-state index in [1.54, 1.807) is 0 Å². The summed E-state index contributed by atoms with van der Waals surface area (Å²) in [5, 5.41) is 0. The highest BCUT2D eigenvalue weighted by Gasteiger charge is 2.17. The number of rotatable bonds is 5. The Morgan fingerprint density at radius 2 is 1.64 bits per heavy atom. The van der Waals surface area contributed by atoms with Crippen molar-refractivity contribution in [3.05, 3.63) is 0 Å². The van der Waals surface area contributed by atoms with E-state index in [1.165, 1.54) is 0 Å². The Kier molecular flexibility index (Phi) is 5.77. The molecule has 0 aliphatic carbocycles. The van der Waals surface area contributed by atoms with Crippen molar-refractivity contribution in [2.75, 3.05) is 27.2 Å². The van der Waals surface area contributed by atoms with E-state index in [2.05, 4.69) is 27.7 Å². The Hall–Kier alpha value is -0.570. The monoisotopic (exact) mass is 200 g/mol. The third-order valence-corrected chi connectivity index (χ3v) is 1.96. The topological polar surface area (TPSA) is 23.6 Å². The summed E-state index contributed by atoms with van der Waals surface area (Å²) < 4.78 is 0. The summed E-state index contributed by atoms with van der Waals surface area (Å²) in [6.07, 6.45) is 0. The number of carbonyl (C=O) groups excluding carboxylic acids is 1. The van der Waals surface area contributed by atoms with Crippen LogP contribution in [0.25, 0.3) is 0 Å². The Balaban J connectivity index is 4.26. The van der Waals surface area contributed by atoms with E-state index in [1.807, 2.05) is 23.9 Å². The molecule has 3 nitrogen and oxygen atoms in total. The summed E-state index contributed by atoms with van der Waals surface area (Å²) >= 11 is 0. The molecule has 0 N–H and O–H groups in total. The number of hydrogen-bond donors (Lipinski definition) is 0. The smallest absolute Gasteiger partial charge is 0.236 e. The predicted octanol–water partition coefficient (Wildman–Crippen LogP) is 1.44. The van der Waals surface area contributed by atoms with Gasteiger partial charge >= 0.3 is 0 Å². The molecule has 1 amide bonds. The normalized spacial score (nSPS) is 11.5. The van der Waals surface area contributed by atoms with E-state index < -0.39 is 0 Å². The minimum absolute atomic E-state index is 0.221. The summed E-state index contributed by atoms with van der Waals surface area (Å²) in [6.45, 7) is 9.76. The minimum atomic E-state index is 0.221. The second-order valence-electron chi connectivity index (χ2n) is 4.77. The van der Waals surface area contributed by atoms with Crippen LogP contribution in [-0.2, 0) is 4.79 Å². The van der Waals surface area contributed by atoms with Crippen LogP contribution in [0.1, 0.15) is 27.7 Å². The first-order chi connectivity index (χ1) is 6.34. The van der Waals surface area contributed by atoms with Crippen LogP contribution in [0.2, 0.25) is 0 Å². The van der Waals surface area contributed by atoms with E-state index >= 15 is 0 Å². The third kappa shape index (κ3) is 5.22. The molecule has 0 bridgehead atoms. The van der Waals surface area contributed by atoms with E-state index in [0.29, 0.717) is 18.5 Å². The van der Waals surface area contributed by atoms with E-state index in [4.69, 9.17) is 0 Å². The molecule has 0 atom stereocenters. The van der Waals surface area contributed by atoms with Crippen LogP contribution in [0.3, 0.4) is 0 Å². The fraction of sp³-hybridized carbons (Fsp3) is 0.909. The highest BCUT2D eigenvalue weighted by molar-refractivity contribution is 5.78. The summed E-state index contributed by atoms with van der Waals surface area (Å²) in [4.78, 5) is 15.7. The van der Waals surface area contributed by atoms with Gasteiger partial charge in [0.05, 0.1) is 6.54 Å². The lowest BCUT2D eigenvalue weighted by atomic mass is 10.2. The zero-order chi connectivity index (χ0) is 11.3. The molecule has 0 saturated carbocycles. The van der Waals surface area contributed by atoms with Gasteiger partial charge in [0.25, 0.3) is 0 Å². The van der Waals surface area contributed by atoms with E-state index in [9.17, 15) is 4.79 Å². The van der Waals surface area contributed by atoms with Gasteiger partial charge in [0, 0.05) is 12.6 Å². The molecule has 0 unspecified atom stereocenters. The predicted molar refractivity (Wildman–Crippen MR) is 60.2 cm³/mol. The molecule has 0 radical (unpaired) electrons. The third-order valence-electron chi connectivity index (χ3n) is 1.96. The van der Waals surface area contributed by atoms with E-state index in [0.717, 1.165) is 6.54 Å². The molecular formula is C11H24N2O. The molecule has 0 heterocycles. The summed E-state index contributed by atoms with van der Waals surface area (Å²) in [6, 6.07) is 0.296. The second-order valence-corrected chi connectivity index (χ2v) is 4.77. The largest absolute Gasteiger partial charge is 0.339 e. The lowest BCUT2D eigenvalue weighted by Gasteiger charge is -2.29. The number of hydrogen-bond acceptors (Lipinski definition) is 2.